The van der Waals surface area contributed by atoms with Gasteiger partial charge in [0.15, 0.2) is 0 Å². The Hall–Kier alpha value is -0.720. The van der Waals surface area contributed by atoms with E-state index in [2.05, 4.69) is 25.7 Å². The minimum atomic E-state index is 1.11. The van der Waals surface area contributed by atoms with E-state index in [1.165, 1.54) is 17.7 Å². The molecule has 0 aromatic rings. The maximum Gasteiger partial charge on any atom is 0.0182 e. The van der Waals surface area contributed by atoms with Crippen LogP contribution >= 0.6 is 0 Å². The van der Waals surface area contributed by atoms with Crippen molar-refractivity contribution in [1.29, 1.82) is 0 Å². The van der Waals surface area contributed by atoms with Gasteiger partial charge in [0, 0.05) is 12.2 Å². The van der Waals surface area contributed by atoms with Crippen LogP contribution in [0.25, 0.3) is 0 Å². The van der Waals surface area contributed by atoms with Crippen molar-refractivity contribution in [3.8, 4) is 0 Å². The smallest absolute Gasteiger partial charge is 0.0182 e. The Labute approximate surface area is 69.2 Å². The van der Waals surface area contributed by atoms with Crippen molar-refractivity contribution >= 4 is 0 Å². The second-order valence-corrected chi connectivity index (χ2v) is 3.19. The van der Waals surface area contributed by atoms with Crippen molar-refractivity contribution in [3.05, 3.63) is 23.4 Å². The molecule has 0 amide bonds. The van der Waals surface area contributed by atoms with Crippen LogP contribution in [0.4, 0.5) is 0 Å². The number of hydrogen-bond donors (Lipinski definition) is 1. The molecule has 0 aromatic carbocycles. The van der Waals surface area contributed by atoms with Gasteiger partial charge in [-0.2, -0.15) is 0 Å². The first-order valence-corrected chi connectivity index (χ1v) is 4.33. The maximum absolute atomic E-state index is 4.01. The Balaban J connectivity index is 2.48. The van der Waals surface area contributed by atoms with Gasteiger partial charge in [0.2, 0.25) is 0 Å². The molecule has 1 nitrogen and oxygen atoms in total. The predicted octanol–water partition coefficient (Wildman–Crippen LogP) is 2.61. The van der Waals surface area contributed by atoms with Gasteiger partial charge in [0.1, 0.15) is 0 Å². The zero-order valence-corrected chi connectivity index (χ0v) is 7.54. The van der Waals surface area contributed by atoms with Crippen molar-refractivity contribution in [2.24, 2.45) is 0 Å². The Morgan fingerprint density at radius 2 is 2.36 bits per heavy atom. The van der Waals surface area contributed by atoms with E-state index >= 15 is 0 Å². The van der Waals surface area contributed by atoms with E-state index in [0.717, 1.165) is 19.4 Å². The molecule has 1 aliphatic rings. The molecule has 0 unspecified atom stereocenters. The fraction of sp³-hybridized carbons (Fsp3) is 0.600. The third kappa shape index (κ3) is 2.11. The summed E-state index contributed by atoms with van der Waals surface area (Å²) in [5.74, 6) is 0. The van der Waals surface area contributed by atoms with E-state index in [9.17, 15) is 0 Å². The summed E-state index contributed by atoms with van der Waals surface area (Å²) in [6.45, 7) is 9.46. The van der Waals surface area contributed by atoms with Gasteiger partial charge in [-0.15, -0.1) is 0 Å². The summed E-state index contributed by atoms with van der Waals surface area (Å²) in [4.78, 5) is 0. The molecule has 0 saturated heterocycles. The van der Waals surface area contributed by atoms with Crippen molar-refractivity contribution in [1.82, 2.24) is 5.32 Å². The topological polar surface area (TPSA) is 12.0 Å². The zero-order valence-electron chi connectivity index (χ0n) is 7.54. The van der Waals surface area contributed by atoms with Crippen LogP contribution in [-0.4, -0.2) is 6.54 Å². The van der Waals surface area contributed by atoms with E-state index in [1.807, 2.05) is 0 Å². The third-order valence-corrected chi connectivity index (χ3v) is 2.31. The summed E-state index contributed by atoms with van der Waals surface area (Å²) in [6.07, 6.45) is 3.43. The van der Waals surface area contributed by atoms with Gasteiger partial charge < -0.3 is 5.32 Å². The van der Waals surface area contributed by atoms with Gasteiger partial charge in [-0.25, -0.2) is 0 Å². The Kier molecular flexibility index (Phi) is 2.75. The van der Waals surface area contributed by atoms with E-state index in [4.69, 9.17) is 0 Å². The lowest BCUT2D eigenvalue weighted by Crippen LogP contribution is -2.03. The molecule has 1 N–H and O–H groups in total. The number of hydrogen-bond acceptors (Lipinski definition) is 1. The molecule has 0 aliphatic carbocycles. The molecule has 0 atom stereocenters. The molecule has 0 radical (unpaired) electrons. The second-order valence-electron chi connectivity index (χ2n) is 3.19. The Morgan fingerprint density at radius 3 is 2.82 bits per heavy atom. The van der Waals surface area contributed by atoms with E-state index in [0.29, 0.717) is 0 Å². The summed E-state index contributed by atoms with van der Waals surface area (Å²) >= 11 is 0. The summed E-state index contributed by atoms with van der Waals surface area (Å²) < 4.78 is 0. The summed E-state index contributed by atoms with van der Waals surface area (Å²) in [7, 11) is 0. The molecule has 1 rings (SSSR count). The highest BCUT2D eigenvalue weighted by molar-refractivity contribution is 5.21. The molecule has 0 bridgehead atoms. The van der Waals surface area contributed by atoms with Gasteiger partial charge in [0.25, 0.3) is 0 Å². The first-order valence-electron chi connectivity index (χ1n) is 4.33. The molecule has 11 heavy (non-hydrogen) atoms. The largest absolute Gasteiger partial charge is 0.388 e. The second kappa shape index (κ2) is 3.61. The van der Waals surface area contributed by atoms with E-state index in [1.54, 1.807) is 5.57 Å². The van der Waals surface area contributed by atoms with Crippen LogP contribution in [0, 0.1) is 0 Å². The summed E-state index contributed by atoms with van der Waals surface area (Å²) in [6, 6.07) is 0. The third-order valence-electron chi connectivity index (χ3n) is 2.31. The fourth-order valence-corrected chi connectivity index (χ4v) is 1.36. The minimum absolute atomic E-state index is 1.11. The Bertz CT molecular complexity index is 189. The maximum atomic E-state index is 4.01. The predicted molar refractivity (Wildman–Crippen MR) is 49.4 cm³/mol. The normalized spacial score (nSPS) is 16.9. The molecular weight excluding hydrogens is 134 g/mol. The first kappa shape index (κ1) is 8.38. The molecule has 0 saturated carbocycles. The average molecular weight is 151 g/mol. The SMILES string of the molecule is C=C(CC)CC1=C(C)NCC1. The van der Waals surface area contributed by atoms with Crippen molar-refractivity contribution in [2.45, 2.75) is 33.1 Å². The van der Waals surface area contributed by atoms with Crippen molar-refractivity contribution in [2.75, 3.05) is 6.54 Å². The zero-order chi connectivity index (χ0) is 8.27. The monoisotopic (exact) mass is 151 g/mol. The van der Waals surface area contributed by atoms with Crippen LogP contribution in [0.1, 0.15) is 33.1 Å². The number of rotatable bonds is 3. The van der Waals surface area contributed by atoms with Crippen LogP contribution in [-0.2, 0) is 0 Å². The summed E-state index contributed by atoms with van der Waals surface area (Å²) in [5.41, 5.74) is 4.28. The van der Waals surface area contributed by atoms with Crippen molar-refractivity contribution < 1.29 is 0 Å². The fourth-order valence-electron chi connectivity index (χ4n) is 1.36. The Morgan fingerprint density at radius 1 is 1.64 bits per heavy atom. The molecule has 1 heteroatoms. The average Bonchev–Trinajstić information content (AvgIpc) is 2.37. The van der Waals surface area contributed by atoms with Crippen LogP contribution in [0.3, 0.4) is 0 Å². The molecular formula is C10H17N. The number of nitrogens with one attached hydrogen (secondary N) is 1. The lowest BCUT2D eigenvalue weighted by molar-refractivity contribution is 0.865. The molecule has 0 aromatic heterocycles. The highest BCUT2D eigenvalue weighted by atomic mass is 14.9. The van der Waals surface area contributed by atoms with Gasteiger partial charge in [-0.1, -0.05) is 19.1 Å². The van der Waals surface area contributed by atoms with Gasteiger partial charge in [0.05, 0.1) is 0 Å². The summed E-state index contributed by atoms with van der Waals surface area (Å²) in [5, 5.41) is 3.34. The molecule has 0 fully saturated rings. The number of allylic oxidation sites excluding steroid dienone is 2. The van der Waals surface area contributed by atoms with E-state index < -0.39 is 0 Å². The van der Waals surface area contributed by atoms with Crippen LogP contribution in [0.2, 0.25) is 0 Å². The van der Waals surface area contributed by atoms with Crippen LogP contribution in [0.5, 0.6) is 0 Å². The van der Waals surface area contributed by atoms with Crippen LogP contribution < -0.4 is 5.32 Å². The molecule has 1 aliphatic heterocycles. The first-order chi connectivity index (χ1) is 5.24. The molecule has 1 heterocycles. The quantitative estimate of drug-likeness (QED) is 0.611. The molecule has 62 valence electrons. The van der Waals surface area contributed by atoms with Crippen molar-refractivity contribution in [3.63, 3.8) is 0 Å². The molecule has 0 spiro atoms. The standard InChI is InChI=1S/C10H17N/c1-4-8(2)7-10-5-6-11-9(10)3/h11H,2,4-7H2,1,3H3. The lowest BCUT2D eigenvalue weighted by Gasteiger charge is -2.03. The lowest BCUT2D eigenvalue weighted by atomic mass is 10.0. The van der Waals surface area contributed by atoms with Gasteiger partial charge >= 0.3 is 0 Å². The highest BCUT2D eigenvalue weighted by Gasteiger charge is 2.09. The minimum Gasteiger partial charge on any atom is -0.388 e. The van der Waals surface area contributed by atoms with E-state index in [-0.39, 0.29) is 0 Å². The van der Waals surface area contributed by atoms with Crippen LogP contribution in [0.15, 0.2) is 23.4 Å². The highest BCUT2D eigenvalue weighted by Crippen LogP contribution is 2.21. The van der Waals surface area contributed by atoms with Gasteiger partial charge in [-0.3, -0.25) is 0 Å². The van der Waals surface area contributed by atoms with Gasteiger partial charge in [-0.05, 0) is 31.8 Å².